The van der Waals surface area contributed by atoms with E-state index >= 15 is 0 Å². The summed E-state index contributed by atoms with van der Waals surface area (Å²) < 4.78 is 10.9. The Morgan fingerprint density at radius 3 is 2.70 bits per heavy atom. The number of ether oxygens (including phenoxy) is 2. The highest BCUT2D eigenvalue weighted by atomic mass is 16.5. The van der Waals surface area contributed by atoms with E-state index in [4.69, 9.17) is 9.47 Å². The Morgan fingerprint density at radius 2 is 2.04 bits per heavy atom. The van der Waals surface area contributed by atoms with Crippen LogP contribution in [-0.4, -0.2) is 36.7 Å². The molecule has 0 aliphatic rings. The first-order valence-corrected chi connectivity index (χ1v) is 8.61. The van der Waals surface area contributed by atoms with Crippen LogP contribution in [0.15, 0.2) is 42.7 Å². The average Bonchev–Trinajstić information content (AvgIpc) is 2.67. The molecule has 3 amide bonds. The van der Waals surface area contributed by atoms with Gasteiger partial charge in [-0.2, -0.15) is 0 Å². The molecule has 1 atom stereocenters. The minimum atomic E-state index is -0.380. The van der Waals surface area contributed by atoms with Crippen molar-refractivity contribution < 1.29 is 19.1 Å². The first kappa shape index (κ1) is 20.0. The molecule has 1 unspecified atom stereocenters. The Kier molecular flexibility index (Phi) is 7.42. The predicted octanol–water partition coefficient (Wildman–Crippen LogP) is 3.03. The lowest BCUT2D eigenvalue weighted by atomic mass is 10.2. The smallest absolute Gasteiger partial charge is 0.319 e. The van der Waals surface area contributed by atoms with E-state index in [-0.39, 0.29) is 18.0 Å². The molecule has 8 nitrogen and oxygen atoms in total. The van der Waals surface area contributed by atoms with E-state index in [2.05, 4.69) is 20.9 Å². The predicted molar refractivity (Wildman–Crippen MR) is 103 cm³/mol. The lowest BCUT2D eigenvalue weighted by Crippen LogP contribution is -2.36. The summed E-state index contributed by atoms with van der Waals surface area (Å²) >= 11 is 0. The van der Waals surface area contributed by atoms with Gasteiger partial charge in [-0.3, -0.25) is 9.78 Å². The number of rotatable bonds is 8. The molecule has 27 heavy (non-hydrogen) atoms. The lowest BCUT2D eigenvalue weighted by molar-refractivity contribution is -0.115. The first-order chi connectivity index (χ1) is 13.0. The van der Waals surface area contributed by atoms with Gasteiger partial charge in [0.1, 0.15) is 17.6 Å². The Hall–Kier alpha value is -3.29. The number of aromatic nitrogens is 1. The summed E-state index contributed by atoms with van der Waals surface area (Å²) in [6, 6.07) is 8.20. The third-order valence-corrected chi connectivity index (χ3v) is 3.57. The van der Waals surface area contributed by atoms with E-state index in [1.54, 1.807) is 49.6 Å². The third-order valence-electron chi connectivity index (χ3n) is 3.57. The molecular weight excluding hydrogens is 348 g/mol. The van der Waals surface area contributed by atoms with Crippen molar-refractivity contribution in [1.29, 1.82) is 0 Å². The van der Waals surface area contributed by atoms with Gasteiger partial charge in [0.15, 0.2) is 0 Å². The van der Waals surface area contributed by atoms with Crippen molar-refractivity contribution in [2.45, 2.75) is 26.4 Å². The van der Waals surface area contributed by atoms with Crippen molar-refractivity contribution in [2.24, 2.45) is 0 Å². The minimum Gasteiger partial charge on any atom is -0.495 e. The zero-order valence-electron chi connectivity index (χ0n) is 15.6. The molecule has 1 aromatic heterocycles. The normalized spacial score (nSPS) is 11.2. The van der Waals surface area contributed by atoms with Gasteiger partial charge in [0.2, 0.25) is 5.91 Å². The van der Waals surface area contributed by atoms with Crippen LogP contribution in [0.2, 0.25) is 0 Å². The van der Waals surface area contributed by atoms with Gasteiger partial charge >= 0.3 is 6.03 Å². The van der Waals surface area contributed by atoms with Crippen LogP contribution in [0.3, 0.4) is 0 Å². The van der Waals surface area contributed by atoms with Crippen molar-refractivity contribution in [3.63, 3.8) is 0 Å². The summed E-state index contributed by atoms with van der Waals surface area (Å²) in [7, 11) is 1.51. The molecule has 0 radical (unpaired) electrons. The van der Waals surface area contributed by atoms with Crippen molar-refractivity contribution in [3.8, 4) is 11.5 Å². The van der Waals surface area contributed by atoms with Crippen LogP contribution < -0.4 is 25.4 Å². The number of urea groups is 1. The molecule has 1 heterocycles. The summed E-state index contributed by atoms with van der Waals surface area (Å²) in [5.41, 5.74) is 1.02. The number of pyridine rings is 1. The van der Waals surface area contributed by atoms with Crippen LogP contribution in [-0.2, 0) is 4.79 Å². The standard InChI is InChI=1S/C19H24N4O4/c1-4-18(24)23-16-10-14(7-8-17(16)26-3)22-19(25)21-11-13(2)27-15-6-5-9-20-12-15/h5-10,12-13H,4,11H2,1-3H3,(H,23,24)(H2,21,22,25). The number of hydrogen-bond acceptors (Lipinski definition) is 5. The fraction of sp³-hybridized carbons (Fsp3) is 0.316. The summed E-state index contributed by atoms with van der Waals surface area (Å²) in [6.45, 7) is 3.92. The van der Waals surface area contributed by atoms with Crippen molar-refractivity contribution in [3.05, 3.63) is 42.7 Å². The number of methoxy groups -OCH3 is 1. The summed E-state index contributed by atoms with van der Waals surface area (Å²) in [4.78, 5) is 27.7. The second kappa shape index (κ2) is 10.0. The van der Waals surface area contributed by atoms with Crippen LogP contribution in [0.5, 0.6) is 11.5 Å². The average molecular weight is 372 g/mol. The van der Waals surface area contributed by atoms with Crippen molar-refractivity contribution in [2.75, 3.05) is 24.3 Å². The fourth-order valence-corrected chi connectivity index (χ4v) is 2.22. The number of nitrogens with zero attached hydrogens (tertiary/aromatic N) is 1. The maximum absolute atomic E-state index is 12.1. The Bertz CT molecular complexity index is 768. The molecular formula is C19H24N4O4. The molecule has 3 N–H and O–H groups in total. The number of hydrogen-bond donors (Lipinski definition) is 3. The van der Waals surface area contributed by atoms with E-state index in [1.807, 2.05) is 6.92 Å². The van der Waals surface area contributed by atoms with Gasteiger partial charge in [-0.25, -0.2) is 4.79 Å². The molecule has 0 spiro atoms. The maximum Gasteiger partial charge on any atom is 0.319 e. The molecule has 0 aliphatic carbocycles. The molecule has 0 aliphatic heterocycles. The molecule has 2 aromatic rings. The number of carbonyl (C=O) groups excluding carboxylic acids is 2. The minimum absolute atomic E-state index is 0.142. The maximum atomic E-state index is 12.1. The highest BCUT2D eigenvalue weighted by molar-refractivity contribution is 5.94. The SMILES string of the molecule is CCC(=O)Nc1cc(NC(=O)NCC(C)Oc2cccnc2)ccc1OC. The Labute approximate surface area is 158 Å². The number of amides is 3. The van der Waals surface area contributed by atoms with E-state index in [1.165, 1.54) is 7.11 Å². The number of anilines is 2. The van der Waals surface area contributed by atoms with Gasteiger partial charge in [-0.15, -0.1) is 0 Å². The largest absolute Gasteiger partial charge is 0.495 e. The van der Waals surface area contributed by atoms with Gasteiger partial charge in [0, 0.05) is 18.3 Å². The van der Waals surface area contributed by atoms with Gasteiger partial charge in [0.05, 0.1) is 25.5 Å². The molecule has 0 saturated carbocycles. The van der Waals surface area contributed by atoms with E-state index < -0.39 is 0 Å². The third kappa shape index (κ3) is 6.50. The molecule has 144 valence electrons. The number of carbonyl (C=O) groups is 2. The monoisotopic (exact) mass is 372 g/mol. The fourth-order valence-electron chi connectivity index (χ4n) is 2.22. The molecule has 1 aromatic carbocycles. The Balaban J connectivity index is 1.89. The van der Waals surface area contributed by atoms with E-state index in [0.29, 0.717) is 35.8 Å². The number of nitrogens with one attached hydrogen (secondary N) is 3. The summed E-state index contributed by atoms with van der Waals surface area (Å²) in [5, 5.41) is 8.20. The highest BCUT2D eigenvalue weighted by Crippen LogP contribution is 2.28. The molecule has 0 saturated heterocycles. The lowest BCUT2D eigenvalue weighted by Gasteiger charge is -2.16. The van der Waals surface area contributed by atoms with Crippen molar-refractivity contribution in [1.82, 2.24) is 10.3 Å². The summed E-state index contributed by atoms with van der Waals surface area (Å²) in [6.07, 6.45) is 3.39. The van der Waals surface area contributed by atoms with Gasteiger partial charge in [0.25, 0.3) is 0 Å². The zero-order valence-corrected chi connectivity index (χ0v) is 15.6. The number of benzene rings is 1. The van der Waals surface area contributed by atoms with Crippen LogP contribution in [0.25, 0.3) is 0 Å². The van der Waals surface area contributed by atoms with Crippen LogP contribution in [0.4, 0.5) is 16.2 Å². The van der Waals surface area contributed by atoms with E-state index in [9.17, 15) is 9.59 Å². The molecule has 8 heteroatoms. The van der Waals surface area contributed by atoms with Crippen LogP contribution in [0.1, 0.15) is 20.3 Å². The van der Waals surface area contributed by atoms with Gasteiger partial charge < -0.3 is 25.4 Å². The van der Waals surface area contributed by atoms with Gasteiger partial charge in [-0.1, -0.05) is 6.92 Å². The first-order valence-electron chi connectivity index (χ1n) is 8.61. The Morgan fingerprint density at radius 1 is 1.22 bits per heavy atom. The molecule has 0 fully saturated rings. The quantitative estimate of drug-likeness (QED) is 0.661. The van der Waals surface area contributed by atoms with Crippen LogP contribution >= 0.6 is 0 Å². The molecule has 2 rings (SSSR count). The molecule has 0 bridgehead atoms. The highest BCUT2D eigenvalue weighted by Gasteiger charge is 2.10. The van der Waals surface area contributed by atoms with Crippen molar-refractivity contribution >= 4 is 23.3 Å². The topological polar surface area (TPSA) is 102 Å². The zero-order chi connectivity index (χ0) is 19.6. The van der Waals surface area contributed by atoms with Crippen LogP contribution in [0, 0.1) is 0 Å². The second-order valence-corrected chi connectivity index (χ2v) is 5.77. The second-order valence-electron chi connectivity index (χ2n) is 5.77. The van der Waals surface area contributed by atoms with Gasteiger partial charge in [-0.05, 0) is 37.3 Å². The van der Waals surface area contributed by atoms with E-state index in [0.717, 1.165) is 0 Å². The summed E-state index contributed by atoms with van der Waals surface area (Å²) in [5.74, 6) is 1.01.